The highest BCUT2D eigenvalue weighted by atomic mass is 35.5. The summed E-state index contributed by atoms with van der Waals surface area (Å²) < 4.78 is 7.68. The van der Waals surface area contributed by atoms with E-state index in [0.29, 0.717) is 31.2 Å². The molecule has 2 aliphatic rings. The fourth-order valence-electron chi connectivity index (χ4n) is 4.61. The molecule has 1 amide bonds. The molecule has 4 rings (SSSR count). The van der Waals surface area contributed by atoms with Gasteiger partial charge in [-0.25, -0.2) is 4.79 Å². The van der Waals surface area contributed by atoms with E-state index in [1.165, 1.54) is 11.1 Å². The summed E-state index contributed by atoms with van der Waals surface area (Å²) in [5, 5.41) is 21.4. The highest BCUT2D eigenvalue weighted by Gasteiger charge is 2.46. The molecule has 1 aromatic heterocycles. The molecule has 0 radical (unpaired) electrons. The smallest absolute Gasteiger partial charge is 0.415 e. The molecular formula is C21H24ClN5O5. The van der Waals surface area contributed by atoms with Crippen LogP contribution in [0.15, 0.2) is 42.6 Å². The van der Waals surface area contributed by atoms with Crippen LogP contribution in [-0.4, -0.2) is 66.8 Å². The average molecular weight is 462 g/mol. The van der Waals surface area contributed by atoms with Crippen molar-refractivity contribution in [3.05, 3.63) is 63.3 Å². The van der Waals surface area contributed by atoms with Crippen molar-refractivity contribution in [2.45, 2.75) is 38.1 Å². The van der Waals surface area contributed by atoms with Crippen molar-refractivity contribution in [1.82, 2.24) is 19.4 Å². The largest absolute Gasteiger partial charge is 0.465 e. The minimum absolute atomic E-state index is 0.215. The Kier molecular flexibility index (Phi) is 5.83. The van der Waals surface area contributed by atoms with E-state index in [2.05, 4.69) is 9.88 Å². The topological polar surface area (TPSA) is 114 Å². The monoisotopic (exact) mass is 461 g/mol. The molecule has 1 aromatic carbocycles. The van der Waals surface area contributed by atoms with Crippen molar-refractivity contribution in [2.24, 2.45) is 0 Å². The zero-order chi connectivity index (χ0) is 23.0. The molecule has 1 saturated heterocycles. The lowest BCUT2D eigenvalue weighted by Gasteiger charge is -2.47. The molecule has 1 N–H and O–H groups in total. The summed E-state index contributed by atoms with van der Waals surface area (Å²) in [5.74, 6) is -0.248. The van der Waals surface area contributed by atoms with Crippen LogP contribution < -0.4 is 4.74 Å². The molecule has 0 spiro atoms. The molecule has 32 heavy (non-hydrogen) atoms. The second kappa shape index (κ2) is 8.44. The minimum Gasteiger partial charge on any atom is -0.465 e. The molecular weight excluding hydrogens is 438 g/mol. The molecule has 0 bridgehead atoms. The second-order valence-electron chi connectivity index (χ2n) is 8.28. The molecule has 2 aliphatic heterocycles. The van der Waals surface area contributed by atoms with E-state index in [1.54, 1.807) is 10.6 Å². The zero-order valence-corrected chi connectivity index (χ0v) is 18.5. The van der Waals surface area contributed by atoms with E-state index in [0.717, 1.165) is 5.56 Å². The number of carbonyl (C=O) groups is 1. The van der Waals surface area contributed by atoms with Crippen LogP contribution >= 0.6 is 11.6 Å². The number of hydrogen-bond acceptors (Lipinski definition) is 6. The maximum Gasteiger partial charge on any atom is 0.415 e. The third-order valence-corrected chi connectivity index (χ3v) is 6.06. The maximum atomic E-state index is 12.0. The Bertz CT molecular complexity index is 1050. The van der Waals surface area contributed by atoms with Gasteiger partial charge in [0.2, 0.25) is 0 Å². The van der Waals surface area contributed by atoms with Gasteiger partial charge >= 0.3 is 17.9 Å². The van der Waals surface area contributed by atoms with Crippen LogP contribution in [0.5, 0.6) is 6.01 Å². The summed E-state index contributed by atoms with van der Waals surface area (Å²) in [7, 11) is 0. The van der Waals surface area contributed by atoms with Crippen molar-refractivity contribution >= 4 is 23.5 Å². The van der Waals surface area contributed by atoms with Gasteiger partial charge in [0.05, 0.1) is 18.6 Å². The van der Waals surface area contributed by atoms with Gasteiger partial charge in [-0.15, -0.1) is 0 Å². The van der Waals surface area contributed by atoms with Gasteiger partial charge in [-0.05, 0) is 36.5 Å². The summed E-state index contributed by atoms with van der Waals surface area (Å²) in [5.41, 5.74) is 0.224. The predicted octanol–water partition coefficient (Wildman–Crippen LogP) is 3.58. The van der Waals surface area contributed by atoms with Crippen LogP contribution in [0.25, 0.3) is 0 Å². The first-order valence-electron chi connectivity index (χ1n) is 10.2. The molecule has 2 unspecified atom stereocenters. The first kappa shape index (κ1) is 22.1. The molecule has 1 fully saturated rings. The number of fused-ring (bicyclic) bond motifs is 1. The first-order chi connectivity index (χ1) is 15.2. The molecule has 10 nitrogen and oxygen atoms in total. The fourth-order valence-corrected chi connectivity index (χ4v) is 4.81. The number of imidazole rings is 1. The van der Waals surface area contributed by atoms with Crippen molar-refractivity contribution in [3.8, 4) is 6.01 Å². The molecule has 0 aliphatic carbocycles. The van der Waals surface area contributed by atoms with Gasteiger partial charge in [0, 0.05) is 29.6 Å². The van der Waals surface area contributed by atoms with Gasteiger partial charge in [-0.2, -0.15) is 0 Å². The number of benzene rings is 1. The van der Waals surface area contributed by atoms with E-state index < -0.39 is 22.7 Å². The van der Waals surface area contributed by atoms with Crippen molar-refractivity contribution in [2.75, 3.05) is 19.6 Å². The summed E-state index contributed by atoms with van der Waals surface area (Å²) in [6, 6.07) is 6.96. The van der Waals surface area contributed by atoms with Gasteiger partial charge in [0.25, 0.3) is 0 Å². The number of rotatable bonds is 5. The van der Waals surface area contributed by atoms with E-state index in [4.69, 9.17) is 16.3 Å². The maximum absolute atomic E-state index is 12.0. The fraction of sp³-hybridized carbons (Fsp3) is 0.429. The number of nitro groups is 1. The number of nitrogens with zero attached hydrogens (tertiary/aromatic N) is 5. The van der Waals surface area contributed by atoms with Crippen LogP contribution in [-0.2, 0) is 6.54 Å². The normalized spacial score (nSPS) is 25.7. The Morgan fingerprint density at radius 1 is 1.47 bits per heavy atom. The van der Waals surface area contributed by atoms with Gasteiger partial charge in [-0.1, -0.05) is 35.9 Å². The van der Waals surface area contributed by atoms with Gasteiger partial charge < -0.3 is 20.0 Å². The number of halogens is 1. The Morgan fingerprint density at radius 3 is 2.88 bits per heavy atom. The number of piperazine rings is 1. The van der Waals surface area contributed by atoms with Crippen LogP contribution in [0.3, 0.4) is 0 Å². The zero-order valence-electron chi connectivity index (χ0n) is 17.7. The summed E-state index contributed by atoms with van der Waals surface area (Å²) in [6.07, 6.45) is 4.14. The van der Waals surface area contributed by atoms with E-state index >= 15 is 0 Å². The third kappa shape index (κ3) is 4.15. The lowest BCUT2D eigenvalue weighted by Crippen LogP contribution is -2.59. The summed E-state index contributed by atoms with van der Waals surface area (Å²) in [6.45, 7) is 5.51. The van der Waals surface area contributed by atoms with Crippen LogP contribution in [0.4, 0.5) is 10.6 Å². The molecule has 3 atom stereocenters. The Labute approximate surface area is 189 Å². The van der Waals surface area contributed by atoms with Crippen molar-refractivity contribution in [1.29, 1.82) is 0 Å². The van der Waals surface area contributed by atoms with Crippen molar-refractivity contribution < 1.29 is 19.6 Å². The number of aromatic nitrogens is 2. The standard InChI is InChI=1S/C21H24ClN5O5/c1-3-5-16-18(14-6-4-7-15(22)10-14)24(8-9-26(16)20(28)29)12-21(2)13-25-11-17(27(30)31)23-19(25)32-21/h3-7,10-11,16,18H,8-9,12-13H2,1-2H3,(H,28,29)/t16-,18?,21?/m0/s1. The lowest BCUT2D eigenvalue weighted by molar-refractivity contribution is -0.389. The molecule has 2 aromatic rings. The summed E-state index contributed by atoms with van der Waals surface area (Å²) >= 11 is 6.26. The highest BCUT2D eigenvalue weighted by Crippen LogP contribution is 2.37. The Hall–Kier alpha value is -3.11. The number of carboxylic acid groups (broad SMARTS) is 1. The van der Waals surface area contributed by atoms with Gasteiger partial charge in [-0.3, -0.25) is 14.4 Å². The van der Waals surface area contributed by atoms with Crippen LogP contribution in [0, 0.1) is 10.1 Å². The SMILES string of the molecule is CC=C[C@H]1C(c2cccc(Cl)c2)N(CC2(C)Cn3cc([N+](=O)[O-])nc3O2)CCN1C(=O)O. The quantitative estimate of drug-likeness (QED) is 0.411. The van der Waals surface area contributed by atoms with Crippen LogP contribution in [0.1, 0.15) is 25.5 Å². The van der Waals surface area contributed by atoms with E-state index in [1.807, 2.05) is 44.2 Å². The number of ether oxygens (including phenoxy) is 1. The second-order valence-corrected chi connectivity index (χ2v) is 8.72. The number of amides is 1. The first-order valence-corrected chi connectivity index (χ1v) is 10.6. The third-order valence-electron chi connectivity index (χ3n) is 5.82. The van der Waals surface area contributed by atoms with Crippen LogP contribution in [0.2, 0.25) is 5.02 Å². The van der Waals surface area contributed by atoms with Crippen molar-refractivity contribution in [3.63, 3.8) is 0 Å². The lowest BCUT2D eigenvalue weighted by atomic mass is 9.92. The van der Waals surface area contributed by atoms with E-state index in [-0.39, 0.29) is 17.9 Å². The highest BCUT2D eigenvalue weighted by molar-refractivity contribution is 6.30. The van der Waals surface area contributed by atoms with E-state index in [9.17, 15) is 20.0 Å². The number of hydrogen-bond donors (Lipinski definition) is 1. The minimum atomic E-state index is -0.976. The Morgan fingerprint density at radius 2 is 2.25 bits per heavy atom. The molecule has 3 heterocycles. The molecule has 0 saturated carbocycles. The predicted molar refractivity (Wildman–Crippen MR) is 117 cm³/mol. The van der Waals surface area contributed by atoms with Gasteiger partial charge in [0.1, 0.15) is 11.8 Å². The summed E-state index contributed by atoms with van der Waals surface area (Å²) in [4.78, 5) is 30.0. The molecule has 11 heteroatoms. The number of allylic oxidation sites excluding steroid dienone is 1. The molecule has 170 valence electrons. The van der Waals surface area contributed by atoms with Gasteiger partial charge in [0.15, 0.2) is 0 Å². The average Bonchev–Trinajstić information content (AvgIpc) is 3.23. The Balaban J connectivity index is 1.64.